The SMILES string of the molecule is CCCn1c(=O)n(CC)c2cc(-n3cc(C(=O)[O-])c(=O)n(Cc4cccc(Cl)c4C(F)(F)F)c3=O)ccc21. The molecule has 0 N–H and O–H groups in total. The molecule has 2 heterocycles. The van der Waals surface area contributed by atoms with Crippen molar-refractivity contribution in [3.8, 4) is 5.69 Å². The van der Waals surface area contributed by atoms with E-state index in [1.165, 1.54) is 22.8 Å². The van der Waals surface area contributed by atoms with Crippen LogP contribution in [0.3, 0.4) is 0 Å². The molecule has 0 radical (unpaired) electrons. The Balaban J connectivity index is 1.98. The number of carbonyl (C=O) groups excluding carboxylic acids is 1. The largest absolute Gasteiger partial charge is 0.545 e. The van der Waals surface area contributed by atoms with Crippen molar-refractivity contribution in [2.45, 2.75) is 46.1 Å². The molecule has 4 rings (SSSR count). The summed E-state index contributed by atoms with van der Waals surface area (Å²) in [6.45, 7) is 3.52. The van der Waals surface area contributed by atoms with Crippen LogP contribution in [0.2, 0.25) is 5.02 Å². The summed E-state index contributed by atoms with van der Waals surface area (Å²) in [7, 11) is 0. The molecule has 0 saturated heterocycles. The summed E-state index contributed by atoms with van der Waals surface area (Å²) in [6.07, 6.45) is -3.45. The molecule has 0 amide bonds. The van der Waals surface area contributed by atoms with E-state index in [2.05, 4.69) is 0 Å². The summed E-state index contributed by atoms with van der Waals surface area (Å²) < 4.78 is 45.3. The average Bonchev–Trinajstić information content (AvgIpc) is 3.10. The van der Waals surface area contributed by atoms with Crippen LogP contribution >= 0.6 is 11.6 Å². The quantitative estimate of drug-likeness (QED) is 0.352. The lowest BCUT2D eigenvalue weighted by Crippen LogP contribution is -2.44. The number of aromatic nitrogens is 4. The standard InChI is InChI=1S/C25H22ClF3N4O5/c1-3-10-31-18-9-8-15(11-19(18)30(4-2)23(31)37)32-13-16(22(35)36)21(34)33(24(32)38)12-14-6-5-7-17(26)20(14)25(27,28)29/h5-9,11,13H,3-4,10,12H2,1-2H3,(H,35,36)/p-1. The zero-order valence-electron chi connectivity index (χ0n) is 20.2. The highest BCUT2D eigenvalue weighted by Gasteiger charge is 2.36. The van der Waals surface area contributed by atoms with Gasteiger partial charge >= 0.3 is 17.6 Å². The first-order chi connectivity index (χ1) is 17.9. The Labute approximate surface area is 217 Å². The number of carboxylic acid groups (broad SMARTS) is 1. The number of fused-ring (bicyclic) bond motifs is 1. The summed E-state index contributed by atoms with van der Waals surface area (Å²) in [5, 5.41) is 11.1. The van der Waals surface area contributed by atoms with E-state index in [4.69, 9.17) is 11.6 Å². The molecule has 0 bridgehead atoms. The van der Waals surface area contributed by atoms with E-state index in [1.807, 2.05) is 6.92 Å². The molecule has 0 saturated carbocycles. The molecule has 13 heteroatoms. The van der Waals surface area contributed by atoms with Gasteiger partial charge in [-0.05, 0) is 43.2 Å². The van der Waals surface area contributed by atoms with Crippen LogP contribution in [0.1, 0.15) is 41.8 Å². The topological polar surface area (TPSA) is 111 Å². The van der Waals surface area contributed by atoms with Crippen molar-refractivity contribution < 1.29 is 23.1 Å². The minimum Gasteiger partial charge on any atom is -0.545 e. The number of nitrogens with zero attached hydrogens (tertiary/aromatic N) is 4. The molecule has 0 fully saturated rings. The highest BCUT2D eigenvalue weighted by Crippen LogP contribution is 2.37. The number of imidazole rings is 1. The number of alkyl halides is 3. The van der Waals surface area contributed by atoms with Crippen LogP contribution in [0.15, 0.2) is 57.0 Å². The lowest BCUT2D eigenvalue weighted by Gasteiger charge is -2.17. The van der Waals surface area contributed by atoms with E-state index >= 15 is 0 Å². The van der Waals surface area contributed by atoms with Gasteiger partial charge in [-0.2, -0.15) is 13.2 Å². The normalized spacial score (nSPS) is 11.8. The van der Waals surface area contributed by atoms with Gasteiger partial charge in [0.25, 0.3) is 5.56 Å². The van der Waals surface area contributed by atoms with Crippen molar-refractivity contribution in [2.24, 2.45) is 0 Å². The second kappa shape index (κ2) is 10.0. The molecular formula is C25H21ClF3N4O5-. The minimum atomic E-state index is -4.90. The number of hydrogen-bond donors (Lipinski definition) is 0. The Morgan fingerprint density at radius 2 is 1.68 bits per heavy atom. The number of carbonyl (C=O) groups is 1. The Kier molecular flexibility index (Phi) is 7.11. The maximum Gasteiger partial charge on any atom is 0.418 e. The molecule has 200 valence electrons. The number of aromatic carboxylic acids is 1. The van der Waals surface area contributed by atoms with Crippen LogP contribution < -0.4 is 22.0 Å². The van der Waals surface area contributed by atoms with Crippen molar-refractivity contribution in [2.75, 3.05) is 0 Å². The summed E-state index contributed by atoms with van der Waals surface area (Å²) in [5.74, 6) is -1.92. The second-order valence-corrected chi connectivity index (χ2v) is 8.90. The van der Waals surface area contributed by atoms with Gasteiger partial charge in [-0.15, -0.1) is 0 Å². The van der Waals surface area contributed by atoms with Crippen molar-refractivity contribution >= 4 is 28.6 Å². The molecule has 9 nitrogen and oxygen atoms in total. The minimum absolute atomic E-state index is 0.0942. The zero-order chi connectivity index (χ0) is 27.9. The molecule has 0 unspecified atom stereocenters. The zero-order valence-corrected chi connectivity index (χ0v) is 21.0. The van der Waals surface area contributed by atoms with Crippen LogP contribution in [-0.2, 0) is 25.8 Å². The highest BCUT2D eigenvalue weighted by molar-refractivity contribution is 6.31. The van der Waals surface area contributed by atoms with Crippen LogP contribution in [0.4, 0.5) is 13.2 Å². The summed E-state index contributed by atoms with van der Waals surface area (Å²) >= 11 is 5.77. The summed E-state index contributed by atoms with van der Waals surface area (Å²) in [4.78, 5) is 50.8. The fraction of sp³-hybridized carbons (Fsp3) is 0.280. The molecular weight excluding hydrogens is 529 g/mol. The van der Waals surface area contributed by atoms with Gasteiger partial charge in [-0.25, -0.2) is 9.59 Å². The van der Waals surface area contributed by atoms with E-state index in [0.29, 0.717) is 35.1 Å². The van der Waals surface area contributed by atoms with E-state index in [9.17, 15) is 37.5 Å². The maximum atomic E-state index is 13.7. The van der Waals surface area contributed by atoms with E-state index in [1.54, 1.807) is 17.6 Å². The van der Waals surface area contributed by atoms with Crippen LogP contribution in [0.25, 0.3) is 16.7 Å². The first-order valence-corrected chi connectivity index (χ1v) is 11.9. The number of carboxylic acids is 1. The van der Waals surface area contributed by atoms with Crippen molar-refractivity contribution in [1.29, 1.82) is 0 Å². The molecule has 2 aromatic heterocycles. The fourth-order valence-corrected chi connectivity index (χ4v) is 4.76. The van der Waals surface area contributed by atoms with Gasteiger partial charge in [0.05, 0.1) is 45.4 Å². The van der Waals surface area contributed by atoms with Crippen LogP contribution in [0, 0.1) is 0 Å². The molecule has 2 aromatic carbocycles. The van der Waals surface area contributed by atoms with Gasteiger partial charge < -0.3 is 9.90 Å². The van der Waals surface area contributed by atoms with Gasteiger partial charge in [0, 0.05) is 19.3 Å². The van der Waals surface area contributed by atoms with E-state index in [-0.39, 0.29) is 11.4 Å². The number of halogens is 4. The Bertz CT molecular complexity index is 1750. The fourth-order valence-electron chi connectivity index (χ4n) is 4.46. The smallest absolute Gasteiger partial charge is 0.418 e. The molecule has 0 atom stereocenters. The van der Waals surface area contributed by atoms with Crippen molar-refractivity contribution in [3.05, 3.63) is 95.6 Å². The van der Waals surface area contributed by atoms with E-state index < -0.39 is 51.7 Å². The molecule has 0 aliphatic carbocycles. The highest BCUT2D eigenvalue weighted by atomic mass is 35.5. The Morgan fingerprint density at radius 1 is 0.974 bits per heavy atom. The van der Waals surface area contributed by atoms with Crippen LogP contribution in [-0.4, -0.2) is 24.2 Å². The lowest BCUT2D eigenvalue weighted by atomic mass is 10.1. The summed E-state index contributed by atoms with van der Waals surface area (Å²) in [6, 6.07) is 7.77. The monoisotopic (exact) mass is 549 g/mol. The first kappa shape index (κ1) is 27.0. The van der Waals surface area contributed by atoms with Gasteiger partial charge in [0.15, 0.2) is 0 Å². The van der Waals surface area contributed by atoms with E-state index in [0.717, 1.165) is 22.9 Å². The number of hydrogen-bond acceptors (Lipinski definition) is 5. The number of aryl methyl sites for hydroxylation is 2. The molecule has 38 heavy (non-hydrogen) atoms. The van der Waals surface area contributed by atoms with Gasteiger partial charge in [-0.3, -0.25) is 23.1 Å². The summed E-state index contributed by atoms with van der Waals surface area (Å²) in [5.41, 5.74) is -4.24. The first-order valence-electron chi connectivity index (χ1n) is 11.6. The predicted octanol–water partition coefficient (Wildman–Crippen LogP) is 2.63. The average molecular weight is 550 g/mol. The molecule has 0 spiro atoms. The number of benzene rings is 2. The molecule has 4 aromatic rings. The van der Waals surface area contributed by atoms with Crippen LogP contribution in [0.5, 0.6) is 0 Å². The van der Waals surface area contributed by atoms with Gasteiger partial charge in [0.1, 0.15) is 0 Å². The second-order valence-electron chi connectivity index (χ2n) is 8.50. The maximum absolute atomic E-state index is 13.7. The van der Waals surface area contributed by atoms with Gasteiger partial charge in [-0.1, -0.05) is 30.7 Å². The third-order valence-electron chi connectivity index (χ3n) is 6.15. The lowest BCUT2D eigenvalue weighted by molar-refractivity contribution is -0.255. The van der Waals surface area contributed by atoms with Crippen molar-refractivity contribution in [1.82, 2.24) is 18.3 Å². The third kappa shape index (κ3) is 4.55. The number of rotatable bonds is 7. The molecule has 0 aliphatic heterocycles. The van der Waals surface area contributed by atoms with Gasteiger partial charge in [0.2, 0.25) is 0 Å². The Hall–Kier alpha value is -4.06. The Morgan fingerprint density at radius 3 is 2.29 bits per heavy atom. The predicted molar refractivity (Wildman–Crippen MR) is 132 cm³/mol. The third-order valence-corrected chi connectivity index (χ3v) is 6.46. The molecule has 0 aliphatic rings. The van der Waals surface area contributed by atoms with Crippen molar-refractivity contribution in [3.63, 3.8) is 0 Å².